The molecule has 2 aromatic rings. The number of rotatable bonds is 4. The van der Waals surface area contributed by atoms with E-state index in [4.69, 9.17) is 23.2 Å². The summed E-state index contributed by atoms with van der Waals surface area (Å²) in [6.45, 7) is 0. The lowest BCUT2D eigenvalue weighted by atomic mass is 10.1. The third-order valence-corrected chi connectivity index (χ3v) is 5.03. The van der Waals surface area contributed by atoms with Crippen LogP contribution < -0.4 is 4.72 Å². The first-order chi connectivity index (χ1) is 11.4. The van der Waals surface area contributed by atoms with Gasteiger partial charge < -0.3 is 0 Å². The number of halogens is 5. The van der Waals surface area contributed by atoms with E-state index in [1.807, 2.05) is 4.72 Å². The van der Waals surface area contributed by atoms with Crippen LogP contribution in [0.5, 0.6) is 0 Å². The van der Waals surface area contributed by atoms with Crippen LogP contribution in [0.2, 0.25) is 10.0 Å². The van der Waals surface area contributed by atoms with Crippen molar-refractivity contribution >= 4 is 44.6 Å². The first-order valence-electron chi connectivity index (χ1n) is 6.25. The fourth-order valence-electron chi connectivity index (χ4n) is 1.83. The van der Waals surface area contributed by atoms with Gasteiger partial charge in [0.25, 0.3) is 15.7 Å². The molecule has 0 aliphatic carbocycles. The van der Waals surface area contributed by atoms with E-state index in [2.05, 4.69) is 0 Å². The molecule has 0 aliphatic rings. The number of anilines is 1. The minimum atomic E-state index is -4.82. The summed E-state index contributed by atoms with van der Waals surface area (Å²) in [5.41, 5.74) is -2.99. The molecule has 0 amide bonds. The summed E-state index contributed by atoms with van der Waals surface area (Å²) in [5, 5.41) is 10.8. The summed E-state index contributed by atoms with van der Waals surface area (Å²) in [6, 6.07) is 4.92. The molecule has 0 heterocycles. The number of sulfonamides is 1. The van der Waals surface area contributed by atoms with E-state index in [9.17, 15) is 31.7 Å². The lowest BCUT2D eigenvalue weighted by Crippen LogP contribution is -2.15. The summed E-state index contributed by atoms with van der Waals surface area (Å²) < 4.78 is 64.5. The first-order valence-corrected chi connectivity index (χ1v) is 8.49. The maximum Gasteiger partial charge on any atom is 0.416 e. The van der Waals surface area contributed by atoms with Crippen LogP contribution >= 0.6 is 23.2 Å². The molecule has 0 spiro atoms. The number of alkyl halides is 3. The SMILES string of the molecule is O=[N+]([O-])c1cc(C(F)(F)F)ccc1NS(=O)(=O)c1cc(Cl)ccc1Cl. The van der Waals surface area contributed by atoms with Gasteiger partial charge in [-0.25, -0.2) is 8.42 Å². The Morgan fingerprint density at radius 3 is 2.28 bits per heavy atom. The van der Waals surface area contributed by atoms with E-state index in [1.165, 1.54) is 12.1 Å². The zero-order chi connectivity index (χ0) is 19.0. The molecule has 1 N–H and O–H groups in total. The van der Waals surface area contributed by atoms with Gasteiger partial charge in [0.1, 0.15) is 10.6 Å². The van der Waals surface area contributed by atoms with Gasteiger partial charge in [-0.2, -0.15) is 13.2 Å². The Morgan fingerprint density at radius 2 is 1.72 bits per heavy atom. The summed E-state index contributed by atoms with van der Waals surface area (Å²) >= 11 is 11.5. The number of nitrogens with one attached hydrogen (secondary N) is 1. The van der Waals surface area contributed by atoms with E-state index >= 15 is 0 Å². The molecular weight excluding hydrogens is 408 g/mol. The van der Waals surface area contributed by atoms with Gasteiger partial charge in [-0.05, 0) is 30.3 Å². The molecule has 2 aromatic carbocycles. The minimum absolute atomic E-state index is 0.0340. The topological polar surface area (TPSA) is 89.3 Å². The molecule has 0 atom stereocenters. The van der Waals surface area contributed by atoms with Crippen molar-refractivity contribution in [2.45, 2.75) is 11.1 Å². The zero-order valence-corrected chi connectivity index (χ0v) is 14.2. The molecule has 2 rings (SSSR count). The monoisotopic (exact) mass is 414 g/mol. The Labute approximate surface area is 149 Å². The molecule has 0 aliphatic heterocycles. The van der Waals surface area contributed by atoms with Crippen LogP contribution in [0.25, 0.3) is 0 Å². The molecule has 0 bridgehead atoms. The van der Waals surface area contributed by atoms with Crippen molar-refractivity contribution in [1.82, 2.24) is 0 Å². The smallest absolute Gasteiger partial charge is 0.273 e. The van der Waals surface area contributed by atoms with Crippen LogP contribution in [0, 0.1) is 10.1 Å². The summed E-state index contributed by atoms with van der Waals surface area (Å²) in [6.07, 6.45) is -4.82. The summed E-state index contributed by atoms with van der Waals surface area (Å²) in [4.78, 5) is 9.39. The van der Waals surface area contributed by atoms with Crippen LogP contribution in [0.1, 0.15) is 5.56 Å². The highest BCUT2D eigenvalue weighted by atomic mass is 35.5. The first kappa shape index (κ1) is 19.3. The second-order valence-corrected chi connectivity index (χ2v) is 7.16. The maximum absolute atomic E-state index is 12.7. The number of nitro groups is 1. The second-order valence-electron chi connectivity index (χ2n) is 4.67. The number of benzene rings is 2. The third-order valence-electron chi connectivity index (χ3n) is 2.95. The van der Waals surface area contributed by atoms with Crippen LogP contribution in [-0.4, -0.2) is 13.3 Å². The molecule has 0 saturated heterocycles. The van der Waals surface area contributed by atoms with Gasteiger partial charge in [0.15, 0.2) is 0 Å². The maximum atomic E-state index is 12.7. The Balaban J connectivity index is 2.52. The van der Waals surface area contributed by atoms with Gasteiger partial charge in [-0.3, -0.25) is 14.8 Å². The molecule has 0 radical (unpaired) electrons. The average molecular weight is 415 g/mol. The zero-order valence-electron chi connectivity index (χ0n) is 11.8. The van der Waals surface area contributed by atoms with Crippen molar-refractivity contribution < 1.29 is 26.5 Å². The van der Waals surface area contributed by atoms with Gasteiger partial charge in [-0.1, -0.05) is 23.2 Å². The standard InChI is InChI=1S/C13H7Cl2F3N2O4S/c14-8-2-3-9(15)12(6-8)25(23,24)19-10-4-1-7(13(16,17)18)5-11(10)20(21)22/h1-6,19H. The highest BCUT2D eigenvalue weighted by Crippen LogP contribution is 2.36. The van der Waals surface area contributed by atoms with Crippen molar-refractivity contribution in [2.75, 3.05) is 4.72 Å². The normalized spacial score (nSPS) is 12.0. The molecule has 0 aromatic heterocycles. The van der Waals surface area contributed by atoms with Gasteiger partial charge in [0.2, 0.25) is 0 Å². The lowest BCUT2D eigenvalue weighted by molar-refractivity contribution is -0.384. The van der Waals surface area contributed by atoms with E-state index in [0.717, 1.165) is 6.07 Å². The predicted octanol–water partition coefficient (Wildman–Crippen LogP) is 4.72. The number of hydrogen-bond donors (Lipinski definition) is 1. The molecule has 0 unspecified atom stereocenters. The van der Waals surface area contributed by atoms with E-state index in [-0.39, 0.29) is 16.1 Å². The molecule has 6 nitrogen and oxygen atoms in total. The minimum Gasteiger partial charge on any atom is -0.273 e. The average Bonchev–Trinajstić information content (AvgIpc) is 2.48. The fourth-order valence-corrected chi connectivity index (χ4v) is 3.67. The fraction of sp³-hybridized carbons (Fsp3) is 0.0769. The molecular formula is C13H7Cl2F3N2O4S. The van der Waals surface area contributed by atoms with Crippen LogP contribution in [0.4, 0.5) is 24.5 Å². The predicted molar refractivity (Wildman–Crippen MR) is 85.4 cm³/mol. The number of hydrogen-bond acceptors (Lipinski definition) is 4. The summed E-state index contributed by atoms with van der Waals surface area (Å²) in [7, 11) is -4.42. The van der Waals surface area contributed by atoms with Crippen molar-refractivity contribution in [3.63, 3.8) is 0 Å². The van der Waals surface area contributed by atoms with E-state index in [0.29, 0.717) is 12.1 Å². The van der Waals surface area contributed by atoms with Gasteiger partial charge in [0, 0.05) is 11.1 Å². The largest absolute Gasteiger partial charge is 0.416 e. The molecule has 12 heteroatoms. The highest BCUT2D eigenvalue weighted by molar-refractivity contribution is 7.92. The second kappa shape index (κ2) is 6.70. The van der Waals surface area contributed by atoms with E-state index in [1.54, 1.807) is 0 Å². The molecule has 0 fully saturated rings. The molecule has 134 valence electrons. The molecule has 0 saturated carbocycles. The number of nitrogens with zero attached hydrogens (tertiary/aromatic N) is 1. The third kappa shape index (κ3) is 4.33. The summed E-state index contributed by atoms with van der Waals surface area (Å²) in [5.74, 6) is 0. The van der Waals surface area contributed by atoms with Gasteiger partial charge in [0.05, 0.1) is 15.5 Å². The highest BCUT2D eigenvalue weighted by Gasteiger charge is 2.33. The van der Waals surface area contributed by atoms with Crippen molar-refractivity contribution in [1.29, 1.82) is 0 Å². The molecule has 25 heavy (non-hydrogen) atoms. The Bertz CT molecular complexity index is 949. The Hall–Kier alpha value is -2.04. The van der Waals surface area contributed by atoms with Gasteiger partial charge in [-0.15, -0.1) is 0 Å². The van der Waals surface area contributed by atoms with Gasteiger partial charge >= 0.3 is 6.18 Å². The van der Waals surface area contributed by atoms with Crippen LogP contribution in [-0.2, 0) is 16.2 Å². The van der Waals surface area contributed by atoms with E-state index < -0.39 is 43.0 Å². The van der Waals surface area contributed by atoms with Crippen molar-refractivity contribution in [2.24, 2.45) is 0 Å². The quantitative estimate of drug-likeness (QED) is 0.578. The Kier molecular flexibility index (Phi) is 5.17. The van der Waals surface area contributed by atoms with Crippen LogP contribution in [0.15, 0.2) is 41.3 Å². The Morgan fingerprint density at radius 1 is 1.08 bits per heavy atom. The van der Waals surface area contributed by atoms with Crippen LogP contribution in [0.3, 0.4) is 0 Å². The number of nitro benzene ring substituents is 1. The van der Waals surface area contributed by atoms with Crippen molar-refractivity contribution in [3.05, 3.63) is 62.1 Å². The van der Waals surface area contributed by atoms with Crippen molar-refractivity contribution in [3.8, 4) is 0 Å². The lowest BCUT2D eigenvalue weighted by Gasteiger charge is -2.12.